The first-order valence-electron chi connectivity index (χ1n) is 8.32. The number of hydrogen-bond acceptors (Lipinski definition) is 4. The molecule has 25 heavy (non-hydrogen) atoms. The maximum Gasteiger partial charge on any atom is 0.335 e. The normalized spacial score (nSPS) is 12.2. The molecule has 0 heterocycles. The lowest BCUT2D eigenvalue weighted by atomic mass is 10.1. The monoisotopic (exact) mass is 343 g/mol. The molecule has 0 amide bonds. The maximum absolute atomic E-state index is 11.1. The molecular weight excluding hydrogens is 318 g/mol. The van der Waals surface area contributed by atoms with Crippen LogP contribution in [0.15, 0.2) is 48.5 Å². The van der Waals surface area contributed by atoms with Crippen molar-refractivity contribution in [2.75, 3.05) is 13.7 Å². The van der Waals surface area contributed by atoms with E-state index in [1.807, 2.05) is 44.2 Å². The summed E-state index contributed by atoms with van der Waals surface area (Å²) in [5.41, 5.74) is 2.20. The first-order chi connectivity index (χ1) is 12.0. The number of ether oxygens (including phenoxy) is 2. The van der Waals surface area contributed by atoms with Crippen LogP contribution in [0.25, 0.3) is 0 Å². The first-order valence-corrected chi connectivity index (χ1v) is 8.32. The quantitative estimate of drug-likeness (QED) is 0.727. The highest BCUT2D eigenvalue weighted by atomic mass is 16.5. The van der Waals surface area contributed by atoms with E-state index in [0.29, 0.717) is 18.7 Å². The van der Waals surface area contributed by atoms with Crippen LogP contribution in [0.4, 0.5) is 0 Å². The van der Waals surface area contributed by atoms with Crippen molar-refractivity contribution in [3.05, 3.63) is 65.2 Å². The molecule has 5 heteroatoms. The second-order valence-electron chi connectivity index (χ2n) is 6.05. The summed E-state index contributed by atoms with van der Waals surface area (Å²) in [7, 11) is 1.65. The van der Waals surface area contributed by atoms with Gasteiger partial charge in [0.25, 0.3) is 0 Å². The highest BCUT2D eigenvalue weighted by Gasteiger charge is 2.17. The van der Waals surface area contributed by atoms with E-state index in [4.69, 9.17) is 14.6 Å². The molecule has 1 atom stereocenters. The fourth-order valence-corrected chi connectivity index (χ4v) is 2.65. The Morgan fingerprint density at radius 1 is 1.16 bits per heavy atom. The number of methoxy groups -OCH3 is 1. The average Bonchev–Trinajstić information content (AvgIpc) is 2.60. The third kappa shape index (κ3) is 5.59. The topological polar surface area (TPSA) is 67.8 Å². The Kier molecular flexibility index (Phi) is 6.98. The van der Waals surface area contributed by atoms with E-state index in [2.05, 4.69) is 5.32 Å². The summed E-state index contributed by atoms with van der Waals surface area (Å²) in [5, 5.41) is 12.4. The second-order valence-corrected chi connectivity index (χ2v) is 6.05. The molecule has 2 rings (SSSR count). The summed E-state index contributed by atoms with van der Waals surface area (Å²) < 4.78 is 11.5. The molecular formula is C20H25NO4. The van der Waals surface area contributed by atoms with Crippen LogP contribution in [0.3, 0.4) is 0 Å². The molecule has 2 aromatic carbocycles. The van der Waals surface area contributed by atoms with Crippen molar-refractivity contribution in [1.82, 2.24) is 5.32 Å². The van der Waals surface area contributed by atoms with Gasteiger partial charge in [-0.1, -0.05) is 30.3 Å². The third-order valence-corrected chi connectivity index (χ3v) is 3.76. The number of carbonyl (C=O) groups is 1. The smallest absolute Gasteiger partial charge is 0.335 e. The zero-order valence-electron chi connectivity index (χ0n) is 14.9. The van der Waals surface area contributed by atoms with Crippen molar-refractivity contribution < 1.29 is 19.4 Å². The number of carboxylic acid groups (broad SMARTS) is 1. The average molecular weight is 343 g/mol. The number of hydrogen-bond donors (Lipinski definition) is 2. The lowest BCUT2D eigenvalue weighted by Crippen LogP contribution is -2.25. The van der Waals surface area contributed by atoms with Crippen LogP contribution >= 0.6 is 0 Å². The van der Waals surface area contributed by atoms with Gasteiger partial charge in [0.15, 0.2) is 0 Å². The van der Waals surface area contributed by atoms with E-state index < -0.39 is 5.97 Å². The van der Waals surface area contributed by atoms with Gasteiger partial charge in [-0.25, -0.2) is 4.79 Å². The van der Waals surface area contributed by atoms with Crippen LogP contribution in [0, 0.1) is 0 Å². The van der Waals surface area contributed by atoms with Crippen LogP contribution in [-0.4, -0.2) is 30.8 Å². The molecule has 0 radical (unpaired) electrons. The van der Waals surface area contributed by atoms with Crippen molar-refractivity contribution >= 4 is 5.97 Å². The van der Waals surface area contributed by atoms with Crippen LogP contribution in [0.5, 0.6) is 5.75 Å². The van der Waals surface area contributed by atoms with Gasteiger partial charge in [0.1, 0.15) is 5.75 Å². The summed E-state index contributed by atoms with van der Waals surface area (Å²) >= 11 is 0. The van der Waals surface area contributed by atoms with Crippen molar-refractivity contribution in [2.24, 2.45) is 0 Å². The molecule has 0 bridgehead atoms. The summed E-state index contributed by atoms with van der Waals surface area (Å²) in [5.74, 6) is -0.125. The highest BCUT2D eigenvalue weighted by molar-refractivity contribution is 5.87. The SMILES string of the molecule is COc1ccccc1C(CNCc1cccc(C(=O)O)c1)OC(C)C. The number of aromatic carboxylic acids is 1. The summed E-state index contributed by atoms with van der Waals surface area (Å²) in [6, 6.07) is 14.7. The molecule has 0 aliphatic rings. The number of para-hydroxylation sites is 1. The number of benzene rings is 2. The number of nitrogens with one attached hydrogen (secondary N) is 1. The Bertz CT molecular complexity index is 700. The van der Waals surface area contributed by atoms with Gasteiger partial charge in [0.2, 0.25) is 0 Å². The van der Waals surface area contributed by atoms with Crippen molar-refractivity contribution in [3.8, 4) is 5.75 Å². The van der Waals surface area contributed by atoms with E-state index in [0.717, 1.165) is 16.9 Å². The lowest BCUT2D eigenvalue weighted by Gasteiger charge is -2.23. The highest BCUT2D eigenvalue weighted by Crippen LogP contribution is 2.28. The van der Waals surface area contributed by atoms with Crippen LogP contribution in [0.1, 0.15) is 41.4 Å². The van der Waals surface area contributed by atoms with E-state index in [1.165, 1.54) is 0 Å². The molecule has 0 saturated heterocycles. The number of carboxylic acids is 1. The van der Waals surface area contributed by atoms with E-state index in [1.54, 1.807) is 25.3 Å². The molecule has 0 aliphatic carbocycles. The zero-order chi connectivity index (χ0) is 18.2. The largest absolute Gasteiger partial charge is 0.496 e. The fourth-order valence-electron chi connectivity index (χ4n) is 2.65. The molecule has 5 nitrogen and oxygen atoms in total. The first kappa shape index (κ1) is 19.0. The summed E-state index contributed by atoms with van der Waals surface area (Å²) in [6.45, 7) is 5.15. The van der Waals surface area contributed by atoms with Gasteiger partial charge in [-0.2, -0.15) is 0 Å². The molecule has 0 fully saturated rings. The van der Waals surface area contributed by atoms with Gasteiger partial charge in [0.05, 0.1) is 24.9 Å². The van der Waals surface area contributed by atoms with Crippen molar-refractivity contribution in [2.45, 2.75) is 32.6 Å². The summed E-state index contributed by atoms with van der Waals surface area (Å²) in [4.78, 5) is 11.1. The standard InChI is InChI=1S/C20H25NO4/c1-14(2)25-19(17-9-4-5-10-18(17)24-3)13-21-12-15-7-6-8-16(11-15)20(22)23/h4-11,14,19,21H,12-13H2,1-3H3,(H,22,23). The zero-order valence-corrected chi connectivity index (χ0v) is 14.9. The second kappa shape index (κ2) is 9.20. The van der Waals surface area contributed by atoms with Gasteiger partial charge in [-0.05, 0) is 37.6 Å². The Hall–Kier alpha value is -2.37. The molecule has 134 valence electrons. The van der Waals surface area contributed by atoms with E-state index >= 15 is 0 Å². The predicted molar refractivity (Wildman–Crippen MR) is 97.1 cm³/mol. The molecule has 2 aromatic rings. The minimum Gasteiger partial charge on any atom is -0.496 e. The molecule has 1 unspecified atom stereocenters. The Morgan fingerprint density at radius 2 is 1.92 bits per heavy atom. The van der Waals surface area contributed by atoms with Gasteiger partial charge in [-0.3, -0.25) is 0 Å². The van der Waals surface area contributed by atoms with Crippen LogP contribution < -0.4 is 10.1 Å². The summed E-state index contributed by atoms with van der Waals surface area (Å²) in [6.07, 6.45) is -0.0779. The fraction of sp³-hybridized carbons (Fsp3) is 0.350. The Morgan fingerprint density at radius 3 is 2.60 bits per heavy atom. The van der Waals surface area contributed by atoms with Crippen molar-refractivity contribution in [1.29, 1.82) is 0 Å². The third-order valence-electron chi connectivity index (χ3n) is 3.76. The molecule has 0 spiro atoms. The Balaban J connectivity index is 2.05. The molecule has 0 saturated carbocycles. The lowest BCUT2D eigenvalue weighted by molar-refractivity contribution is 0.00576. The van der Waals surface area contributed by atoms with Gasteiger partial charge < -0.3 is 19.9 Å². The van der Waals surface area contributed by atoms with Crippen LogP contribution in [-0.2, 0) is 11.3 Å². The molecule has 0 aliphatic heterocycles. The maximum atomic E-state index is 11.1. The molecule has 2 N–H and O–H groups in total. The van der Waals surface area contributed by atoms with Crippen molar-refractivity contribution in [3.63, 3.8) is 0 Å². The predicted octanol–water partition coefficient (Wildman–Crippen LogP) is 3.65. The minimum atomic E-state index is -0.920. The van der Waals surface area contributed by atoms with Gasteiger partial charge >= 0.3 is 5.97 Å². The Labute approximate surface area is 148 Å². The van der Waals surface area contributed by atoms with E-state index in [-0.39, 0.29) is 12.2 Å². The van der Waals surface area contributed by atoms with Crippen LogP contribution in [0.2, 0.25) is 0 Å². The minimum absolute atomic E-state index is 0.0760. The van der Waals surface area contributed by atoms with E-state index in [9.17, 15) is 4.79 Å². The number of rotatable bonds is 9. The van der Waals surface area contributed by atoms with Gasteiger partial charge in [-0.15, -0.1) is 0 Å². The molecule has 0 aromatic heterocycles. The van der Waals surface area contributed by atoms with Gasteiger partial charge in [0, 0.05) is 18.7 Å².